The van der Waals surface area contributed by atoms with Crippen LogP contribution in [0, 0.1) is 0 Å². The molecule has 1 aromatic rings. The van der Waals surface area contributed by atoms with Crippen molar-refractivity contribution in [3.05, 3.63) is 35.9 Å². The molecule has 1 nitrogen and oxygen atoms in total. The molecule has 0 aliphatic carbocycles. The summed E-state index contributed by atoms with van der Waals surface area (Å²) in [4.78, 5) is 0. The van der Waals surface area contributed by atoms with Crippen LogP contribution in [0.3, 0.4) is 0 Å². The van der Waals surface area contributed by atoms with E-state index in [-0.39, 0.29) is 6.42 Å². The molecule has 1 N–H and O–H groups in total. The molecule has 0 unspecified atom stereocenters. The van der Waals surface area contributed by atoms with Crippen molar-refractivity contribution in [3.63, 3.8) is 0 Å². The highest BCUT2D eigenvalue weighted by molar-refractivity contribution is 6.19. The van der Waals surface area contributed by atoms with E-state index in [0.717, 1.165) is 5.56 Å². The molecular weight excluding hydrogens is 179 g/mol. The zero-order valence-corrected chi connectivity index (χ0v) is 7.21. The number of aliphatic hydroxyl groups excluding tert-OH is 1. The molecule has 0 aliphatic heterocycles. The largest absolute Gasteiger partial charge is 0.388 e. The second kappa shape index (κ2) is 4.43. The quantitative estimate of drug-likeness (QED) is 0.721. The fourth-order valence-corrected chi connectivity index (χ4v) is 1.03. The second-order valence-corrected chi connectivity index (χ2v) is 3.01. The van der Waals surface area contributed by atoms with Crippen molar-refractivity contribution in [2.45, 2.75) is 18.2 Å². The monoisotopic (exact) mass is 188 g/mol. The van der Waals surface area contributed by atoms with Gasteiger partial charge in [0.1, 0.15) is 6.10 Å². The van der Waals surface area contributed by atoms with Crippen LogP contribution in [0.15, 0.2) is 30.3 Å². The highest BCUT2D eigenvalue weighted by Gasteiger charge is 2.14. The molecule has 0 aromatic heterocycles. The van der Waals surface area contributed by atoms with Crippen molar-refractivity contribution in [1.82, 2.24) is 0 Å². The minimum absolute atomic E-state index is 0.255. The molecule has 0 saturated carbocycles. The van der Waals surface area contributed by atoms with Gasteiger partial charge in [-0.15, -0.1) is 0 Å². The highest BCUT2D eigenvalue weighted by atomic mass is 35.5. The van der Waals surface area contributed by atoms with Gasteiger partial charge >= 0.3 is 0 Å². The molecule has 12 heavy (non-hydrogen) atoms. The third kappa shape index (κ3) is 2.80. The fourth-order valence-electron chi connectivity index (χ4n) is 0.945. The first kappa shape index (κ1) is 9.49. The lowest BCUT2D eigenvalue weighted by Crippen LogP contribution is -2.19. The summed E-state index contributed by atoms with van der Waals surface area (Å²) in [5.74, 6) is 0. The van der Waals surface area contributed by atoms with Crippen molar-refractivity contribution in [2.75, 3.05) is 0 Å². The topological polar surface area (TPSA) is 20.2 Å². The van der Waals surface area contributed by atoms with Crippen molar-refractivity contribution in [2.24, 2.45) is 0 Å². The van der Waals surface area contributed by atoms with Crippen LogP contribution < -0.4 is 0 Å². The van der Waals surface area contributed by atoms with Crippen LogP contribution in [0.2, 0.25) is 0 Å². The summed E-state index contributed by atoms with van der Waals surface area (Å²) < 4.78 is 12.3. The van der Waals surface area contributed by atoms with E-state index >= 15 is 0 Å². The van der Waals surface area contributed by atoms with E-state index in [1.807, 2.05) is 30.3 Å². The predicted octanol–water partition coefficient (Wildman–Crippen LogP) is 2.12. The maximum Gasteiger partial charge on any atom is 0.199 e. The Kier molecular flexibility index (Phi) is 3.50. The number of alkyl halides is 2. The van der Waals surface area contributed by atoms with Crippen LogP contribution in [0.25, 0.3) is 0 Å². The van der Waals surface area contributed by atoms with Crippen LogP contribution in [0.4, 0.5) is 4.39 Å². The molecule has 0 amide bonds. The van der Waals surface area contributed by atoms with E-state index in [2.05, 4.69) is 0 Å². The number of aliphatic hydroxyl groups is 1. The molecule has 0 bridgehead atoms. The van der Waals surface area contributed by atoms with Crippen LogP contribution in [0.1, 0.15) is 5.56 Å². The third-order valence-electron chi connectivity index (χ3n) is 1.58. The Hall–Kier alpha value is -0.600. The van der Waals surface area contributed by atoms with E-state index in [1.165, 1.54) is 0 Å². The molecule has 0 spiro atoms. The van der Waals surface area contributed by atoms with Gasteiger partial charge in [0.05, 0.1) is 0 Å². The normalized spacial score (nSPS) is 15.6. The van der Waals surface area contributed by atoms with Crippen molar-refractivity contribution in [3.8, 4) is 0 Å². The molecule has 0 aliphatic rings. The molecule has 0 heterocycles. The van der Waals surface area contributed by atoms with Gasteiger partial charge in [0, 0.05) is 6.42 Å². The van der Waals surface area contributed by atoms with E-state index in [4.69, 9.17) is 16.7 Å². The fraction of sp³-hybridized carbons (Fsp3) is 0.333. The van der Waals surface area contributed by atoms with Gasteiger partial charge < -0.3 is 5.11 Å². The van der Waals surface area contributed by atoms with Gasteiger partial charge in [-0.05, 0) is 5.56 Å². The number of rotatable bonds is 3. The molecule has 0 saturated heterocycles. The summed E-state index contributed by atoms with van der Waals surface area (Å²) in [6, 6.07) is 9.18. The summed E-state index contributed by atoms with van der Waals surface area (Å²) >= 11 is 5.06. The van der Waals surface area contributed by atoms with Crippen LogP contribution in [-0.2, 0) is 6.42 Å². The molecule has 0 radical (unpaired) electrons. The number of hydrogen-bond donors (Lipinski definition) is 1. The van der Waals surface area contributed by atoms with E-state index in [0.29, 0.717) is 0 Å². The second-order valence-electron chi connectivity index (χ2n) is 2.59. The highest BCUT2D eigenvalue weighted by Crippen LogP contribution is 2.10. The summed E-state index contributed by atoms with van der Waals surface area (Å²) in [6.45, 7) is 0. The first-order chi connectivity index (χ1) is 5.70. The van der Waals surface area contributed by atoms with Gasteiger partial charge in [0.2, 0.25) is 0 Å². The third-order valence-corrected chi connectivity index (χ3v) is 1.87. The lowest BCUT2D eigenvalue weighted by molar-refractivity contribution is 0.119. The first-order valence-electron chi connectivity index (χ1n) is 3.70. The number of benzene rings is 1. The Bertz CT molecular complexity index is 225. The average Bonchev–Trinajstić information content (AvgIpc) is 2.06. The van der Waals surface area contributed by atoms with Gasteiger partial charge in [-0.3, -0.25) is 0 Å². The summed E-state index contributed by atoms with van der Waals surface area (Å²) in [6.07, 6.45) is -0.861. The number of hydrogen-bond acceptors (Lipinski definition) is 1. The Morgan fingerprint density at radius 3 is 2.42 bits per heavy atom. The Morgan fingerprint density at radius 2 is 1.92 bits per heavy atom. The molecule has 1 aromatic carbocycles. The van der Waals surface area contributed by atoms with E-state index in [9.17, 15) is 4.39 Å². The minimum Gasteiger partial charge on any atom is -0.388 e. The molecule has 0 fully saturated rings. The van der Waals surface area contributed by atoms with Crippen LogP contribution in [-0.4, -0.2) is 16.8 Å². The molecule has 3 heteroatoms. The smallest absolute Gasteiger partial charge is 0.199 e. The standard InChI is InChI=1S/C9H10ClFO/c10-9(11)8(12)6-7-4-2-1-3-5-7/h1-5,8-9,12H,6H2/t8-,9-/m0/s1. The lowest BCUT2D eigenvalue weighted by Gasteiger charge is -2.09. The van der Waals surface area contributed by atoms with Crippen molar-refractivity contribution < 1.29 is 9.50 Å². The van der Waals surface area contributed by atoms with E-state index < -0.39 is 11.7 Å². The lowest BCUT2D eigenvalue weighted by atomic mass is 10.1. The Labute approximate surface area is 75.8 Å². The van der Waals surface area contributed by atoms with E-state index in [1.54, 1.807) is 0 Å². The first-order valence-corrected chi connectivity index (χ1v) is 4.14. The maximum atomic E-state index is 12.3. The molecule has 2 atom stereocenters. The van der Waals surface area contributed by atoms with Gasteiger partial charge in [-0.25, -0.2) is 4.39 Å². The van der Waals surface area contributed by atoms with Gasteiger partial charge in [0.25, 0.3) is 0 Å². The Balaban J connectivity index is 2.53. The minimum atomic E-state index is -1.69. The summed E-state index contributed by atoms with van der Waals surface area (Å²) in [7, 11) is 0. The molecular formula is C9H10ClFO. The summed E-state index contributed by atoms with van der Waals surface area (Å²) in [5, 5.41) is 9.07. The molecule has 1 rings (SSSR count). The van der Waals surface area contributed by atoms with Crippen molar-refractivity contribution in [1.29, 1.82) is 0 Å². The number of halogens is 2. The summed E-state index contributed by atoms with van der Waals surface area (Å²) in [5.41, 5.74) is -0.807. The zero-order valence-electron chi connectivity index (χ0n) is 6.45. The zero-order chi connectivity index (χ0) is 8.97. The maximum absolute atomic E-state index is 12.3. The van der Waals surface area contributed by atoms with Gasteiger partial charge in [-0.2, -0.15) is 0 Å². The van der Waals surface area contributed by atoms with Crippen LogP contribution in [0.5, 0.6) is 0 Å². The SMILES string of the molecule is O[C@@H](Cc1ccccc1)[C@H](F)Cl. The van der Waals surface area contributed by atoms with Crippen molar-refractivity contribution >= 4 is 11.6 Å². The van der Waals surface area contributed by atoms with Gasteiger partial charge in [0.15, 0.2) is 5.63 Å². The Morgan fingerprint density at radius 1 is 1.33 bits per heavy atom. The molecule has 66 valence electrons. The average molecular weight is 189 g/mol. The van der Waals surface area contributed by atoms with Gasteiger partial charge in [-0.1, -0.05) is 41.9 Å². The predicted molar refractivity (Wildman–Crippen MR) is 46.9 cm³/mol. The van der Waals surface area contributed by atoms with Crippen LogP contribution >= 0.6 is 11.6 Å².